The lowest BCUT2D eigenvalue weighted by Gasteiger charge is -2.62. The van der Waals surface area contributed by atoms with Gasteiger partial charge < -0.3 is 24.4 Å². The van der Waals surface area contributed by atoms with E-state index in [2.05, 4.69) is 20.8 Å². The molecule has 4 aliphatic rings. The third-order valence-electron chi connectivity index (χ3n) is 12.4. The van der Waals surface area contributed by atoms with E-state index in [9.17, 15) is 24.6 Å². The first-order chi connectivity index (χ1) is 19.9. The topological polar surface area (TPSA) is 123 Å². The third kappa shape index (κ3) is 6.83. The minimum absolute atomic E-state index is 0.00297. The minimum atomic E-state index is -0.363. The molecule has 0 heterocycles. The van der Waals surface area contributed by atoms with Crippen molar-refractivity contribution in [2.24, 2.45) is 46.3 Å². The first kappa shape index (κ1) is 33.2. The highest BCUT2D eigenvalue weighted by atomic mass is 16.5. The standard InChI is InChI=1S/C33H55NO8/c1-21(6-11-31(39)42-20-34(16-13-29(37)40-4)17-14-30(38)41-5)25-9-10-26-24-8-7-22-18-23(35)12-15-32(22,2)27(24)19-28(36)33(25,26)3/h21-28,35-36H,6-20H2,1-5H3/t21-,22-,23+,24+,25-,26+,27+,28+,32+,33-/m1/s1. The van der Waals surface area contributed by atoms with Gasteiger partial charge in [-0.15, -0.1) is 0 Å². The molecule has 0 amide bonds. The van der Waals surface area contributed by atoms with Crippen molar-refractivity contribution < 1.29 is 38.8 Å². The lowest BCUT2D eigenvalue weighted by molar-refractivity contribution is -0.175. The molecule has 2 N–H and O–H groups in total. The highest BCUT2D eigenvalue weighted by Crippen LogP contribution is 2.68. The molecule has 0 unspecified atom stereocenters. The lowest BCUT2D eigenvalue weighted by atomic mass is 9.43. The third-order valence-corrected chi connectivity index (χ3v) is 12.4. The molecule has 4 rings (SSSR count). The van der Waals surface area contributed by atoms with Gasteiger partial charge in [0.25, 0.3) is 0 Å². The van der Waals surface area contributed by atoms with Gasteiger partial charge in [0.05, 0.1) is 39.3 Å². The van der Waals surface area contributed by atoms with Gasteiger partial charge in [-0.1, -0.05) is 20.8 Å². The van der Waals surface area contributed by atoms with Crippen LogP contribution in [0.3, 0.4) is 0 Å². The van der Waals surface area contributed by atoms with Crippen LogP contribution in [-0.4, -0.2) is 79.3 Å². The molecule has 0 aliphatic heterocycles. The van der Waals surface area contributed by atoms with Gasteiger partial charge in [-0.05, 0) is 104 Å². The number of fused-ring (bicyclic) bond motifs is 5. The molecule has 42 heavy (non-hydrogen) atoms. The summed E-state index contributed by atoms with van der Waals surface area (Å²) >= 11 is 0. The van der Waals surface area contributed by atoms with E-state index in [0.29, 0.717) is 55.5 Å². The van der Waals surface area contributed by atoms with E-state index in [1.807, 2.05) is 0 Å². The lowest BCUT2D eigenvalue weighted by Crippen LogP contribution is -2.58. The molecular weight excluding hydrogens is 538 g/mol. The molecule has 4 saturated carbocycles. The van der Waals surface area contributed by atoms with Gasteiger partial charge in [0.1, 0.15) is 6.73 Å². The summed E-state index contributed by atoms with van der Waals surface area (Å²) in [6, 6.07) is 0. The Morgan fingerprint density at radius 3 is 2.17 bits per heavy atom. The molecule has 0 saturated heterocycles. The fourth-order valence-electron chi connectivity index (χ4n) is 9.89. The van der Waals surface area contributed by atoms with E-state index in [1.54, 1.807) is 4.90 Å². The molecule has 0 spiro atoms. The predicted octanol–water partition coefficient (Wildman–Crippen LogP) is 4.32. The first-order valence-corrected chi connectivity index (χ1v) is 16.3. The summed E-state index contributed by atoms with van der Waals surface area (Å²) < 4.78 is 15.0. The molecule has 0 aromatic carbocycles. The van der Waals surface area contributed by atoms with Crippen LogP contribution >= 0.6 is 0 Å². The van der Waals surface area contributed by atoms with Crippen molar-refractivity contribution in [3.8, 4) is 0 Å². The van der Waals surface area contributed by atoms with Crippen LogP contribution in [0.4, 0.5) is 0 Å². The monoisotopic (exact) mass is 593 g/mol. The number of carbonyl (C=O) groups is 3. The maximum absolute atomic E-state index is 12.8. The Morgan fingerprint density at radius 1 is 0.857 bits per heavy atom. The van der Waals surface area contributed by atoms with E-state index in [-0.39, 0.29) is 66.4 Å². The molecule has 10 atom stereocenters. The SMILES string of the molecule is COC(=O)CCN(CCC(=O)OC)COC(=O)CC[C@@H](C)[C@H]1CC[C@H]2[C@@H]3CC[C@@H]4C[C@@H](O)CC[C@]4(C)[C@H]3C[C@H](O)[C@]12C. The van der Waals surface area contributed by atoms with Gasteiger partial charge >= 0.3 is 17.9 Å². The van der Waals surface area contributed by atoms with Crippen LogP contribution in [-0.2, 0) is 28.6 Å². The van der Waals surface area contributed by atoms with Gasteiger partial charge in [0.2, 0.25) is 0 Å². The Balaban J connectivity index is 1.31. The van der Waals surface area contributed by atoms with Crippen molar-refractivity contribution in [2.45, 2.75) is 110 Å². The Morgan fingerprint density at radius 2 is 1.52 bits per heavy atom. The second kappa shape index (κ2) is 13.9. The zero-order valence-corrected chi connectivity index (χ0v) is 26.5. The Bertz CT molecular complexity index is 938. The van der Waals surface area contributed by atoms with Gasteiger partial charge in [0, 0.05) is 19.5 Å². The summed E-state index contributed by atoms with van der Waals surface area (Å²) in [5.74, 6) is 1.87. The number of nitrogens with zero attached hydrogens (tertiary/aromatic N) is 1. The van der Waals surface area contributed by atoms with Crippen LogP contribution < -0.4 is 0 Å². The van der Waals surface area contributed by atoms with Gasteiger partial charge in [0.15, 0.2) is 0 Å². The molecule has 240 valence electrons. The minimum Gasteiger partial charge on any atom is -0.469 e. The van der Waals surface area contributed by atoms with E-state index in [4.69, 9.17) is 14.2 Å². The number of aliphatic hydroxyl groups is 2. The van der Waals surface area contributed by atoms with E-state index < -0.39 is 0 Å². The Labute approximate surface area is 252 Å². The second-order valence-electron chi connectivity index (χ2n) is 14.3. The summed E-state index contributed by atoms with van der Waals surface area (Å²) in [6.45, 7) is 7.63. The molecular formula is C33H55NO8. The van der Waals surface area contributed by atoms with Crippen LogP contribution in [0.25, 0.3) is 0 Å². The van der Waals surface area contributed by atoms with Gasteiger partial charge in [-0.25, -0.2) is 0 Å². The van der Waals surface area contributed by atoms with E-state index >= 15 is 0 Å². The van der Waals surface area contributed by atoms with Crippen molar-refractivity contribution in [1.82, 2.24) is 4.90 Å². The largest absolute Gasteiger partial charge is 0.469 e. The molecule has 0 bridgehead atoms. The smallest absolute Gasteiger partial charge is 0.307 e. The van der Waals surface area contributed by atoms with Crippen molar-refractivity contribution >= 4 is 17.9 Å². The number of aliphatic hydroxyl groups excluding tert-OH is 2. The predicted molar refractivity (Wildman–Crippen MR) is 157 cm³/mol. The fourth-order valence-corrected chi connectivity index (χ4v) is 9.89. The Hall–Kier alpha value is -1.71. The van der Waals surface area contributed by atoms with Crippen LogP contribution in [0.15, 0.2) is 0 Å². The number of hydrogen-bond acceptors (Lipinski definition) is 9. The van der Waals surface area contributed by atoms with Crippen LogP contribution in [0, 0.1) is 46.3 Å². The maximum Gasteiger partial charge on any atom is 0.307 e. The van der Waals surface area contributed by atoms with Crippen molar-refractivity contribution in [3.05, 3.63) is 0 Å². The molecule has 4 fully saturated rings. The zero-order valence-electron chi connectivity index (χ0n) is 26.5. The average Bonchev–Trinajstić information content (AvgIpc) is 3.34. The second-order valence-corrected chi connectivity index (χ2v) is 14.3. The molecule has 0 aromatic rings. The summed E-state index contributed by atoms with van der Waals surface area (Å²) in [7, 11) is 2.65. The maximum atomic E-state index is 12.8. The van der Waals surface area contributed by atoms with Crippen molar-refractivity contribution in [3.63, 3.8) is 0 Å². The molecule has 0 aromatic heterocycles. The first-order valence-electron chi connectivity index (χ1n) is 16.3. The highest BCUT2D eigenvalue weighted by Gasteiger charge is 2.63. The van der Waals surface area contributed by atoms with E-state index in [0.717, 1.165) is 38.5 Å². The molecule has 0 radical (unpaired) electrons. The zero-order chi connectivity index (χ0) is 30.7. The fraction of sp³-hybridized carbons (Fsp3) is 0.909. The number of esters is 3. The summed E-state index contributed by atoms with van der Waals surface area (Å²) in [4.78, 5) is 37.7. The summed E-state index contributed by atoms with van der Waals surface area (Å²) in [6.07, 6.45) is 9.15. The summed E-state index contributed by atoms with van der Waals surface area (Å²) in [5, 5.41) is 22.1. The number of ether oxygens (including phenoxy) is 3. The van der Waals surface area contributed by atoms with Crippen molar-refractivity contribution in [1.29, 1.82) is 0 Å². The van der Waals surface area contributed by atoms with Gasteiger partial charge in [-0.3, -0.25) is 19.3 Å². The quantitative estimate of drug-likeness (QED) is 0.193. The average molecular weight is 594 g/mol. The van der Waals surface area contributed by atoms with Crippen LogP contribution in [0.2, 0.25) is 0 Å². The van der Waals surface area contributed by atoms with Gasteiger partial charge in [-0.2, -0.15) is 0 Å². The number of methoxy groups -OCH3 is 2. The van der Waals surface area contributed by atoms with Crippen molar-refractivity contribution in [2.75, 3.05) is 34.0 Å². The number of carbonyl (C=O) groups excluding carboxylic acids is 3. The molecule has 9 heteroatoms. The highest BCUT2D eigenvalue weighted by molar-refractivity contribution is 5.70. The number of rotatable bonds is 12. The normalized spacial score (nSPS) is 38.1. The van der Waals surface area contributed by atoms with Crippen LogP contribution in [0.1, 0.15) is 97.8 Å². The van der Waals surface area contributed by atoms with Crippen LogP contribution in [0.5, 0.6) is 0 Å². The molecule has 9 nitrogen and oxygen atoms in total. The number of hydrogen-bond donors (Lipinski definition) is 2. The summed E-state index contributed by atoms with van der Waals surface area (Å²) in [5.41, 5.74) is 0.0833. The Kier molecular flexibility index (Phi) is 11.0. The van der Waals surface area contributed by atoms with E-state index in [1.165, 1.54) is 27.1 Å². The molecule has 4 aliphatic carbocycles.